The number of nitrogens with zero attached hydrogens (tertiary/aromatic N) is 1. The molecule has 1 aliphatic rings. The average Bonchev–Trinajstić information content (AvgIpc) is 2.30. The first-order valence-corrected chi connectivity index (χ1v) is 7.37. The molecule has 0 saturated carbocycles. The number of aliphatic hydroxyl groups is 1. The molecular weight excluding hydrogens is 306 g/mol. The van der Waals surface area contributed by atoms with E-state index in [0.717, 1.165) is 15.6 Å². The zero-order valence-corrected chi connectivity index (χ0v) is 13.2. The van der Waals surface area contributed by atoms with E-state index in [1.807, 2.05) is 43.9 Å². The summed E-state index contributed by atoms with van der Waals surface area (Å²) < 4.78 is 0.913. The van der Waals surface area contributed by atoms with Gasteiger partial charge in [0.1, 0.15) is 0 Å². The Morgan fingerprint density at radius 3 is 2.79 bits per heavy atom. The summed E-state index contributed by atoms with van der Waals surface area (Å²) in [6.07, 6.45) is 0.983. The van der Waals surface area contributed by atoms with Gasteiger partial charge in [0.2, 0.25) is 0 Å². The van der Waals surface area contributed by atoms with Gasteiger partial charge in [0, 0.05) is 22.1 Å². The molecular formula is C15H20BrNO2. The Balaban J connectivity index is 2.31. The SMILES string of the molecule is Cc1ccc(Br)cc1C(=O)N1CCC(O)CC1(C)C. The maximum atomic E-state index is 12.7. The molecule has 0 spiro atoms. The summed E-state index contributed by atoms with van der Waals surface area (Å²) in [6, 6.07) is 5.76. The molecule has 1 amide bonds. The minimum atomic E-state index is -0.303. The molecule has 1 aromatic carbocycles. The van der Waals surface area contributed by atoms with E-state index in [1.54, 1.807) is 0 Å². The fourth-order valence-corrected chi connectivity index (χ4v) is 3.08. The van der Waals surface area contributed by atoms with Gasteiger partial charge in [-0.25, -0.2) is 0 Å². The molecule has 1 aromatic rings. The number of carbonyl (C=O) groups excluding carboxylic acids is 1. The van der Waals surface area contributed by atoms with Crippen molar-refractivity contribution in [3.05, 3.63) is 33.8 Å². The van der Waals surface area contributed by atoms with Crippen LogP contribution in [0.5, 0.6) is 0 Å². The monoisotopic (exact) mass is 325 g/mol. The van der Waals surface area contributed by atoms with E-state index in [0.29, 0.717) is 19.4 Å². The van der Waals surface area contributed by atoms with Gasteiger partial charge >= 0.3 is 0 Å². The van der Waals surface area contributed by atoms with E-state index >= 15 is 0 Å². The predicted molar refractivity (Wildman–Crippen MR) is 79.2 cm³/mol. The lowest BCUT2D eigenvalue weighted by Crippen LogP contribution is -2.54. The molecule has 2 rings (SSSR count). The summed E-state index contributed by atoms with van der Waals surface area (Å²) in [4.78, 5) is 14.6. The molecule has 1 saturated heterocycles. The van der Waals surface area contributed by atoms with Gasteiger partial charge in [0.25, 0.3) is 5.91 Å². The number of rotatable bonds is 1. The Morgan fingerprint density at radius 1 is 1.47 bits per heavy atom. The Labute approximate surface area is 122 Å². The smallest absolute Gasteiger partial charge is 0.254 e. The van der Waals surface area contributed by atoms with E-state index in [2.05, 4.69) is 15.9 Å². The summed E-state index contributed by atoms with van der Waals surface area (Å²) >= 11 is 3.42. The van der Waals surface area contributed by atoms with E-state index in [1.165, 1.54) is 0 Å². The molecule has 4 heteroatoms. The van der Waals surface area contributed by atoms with Gasteiger partial charge in [0.15, 0.2) is 0 Å². The Bertz CT molecular complexity index is 499. The zero-order valence-electron chi connectivity index (χ0n) is 11.6. The molecule has 1 unspecified atom stereocenters. The van der Waals surface area contributed by atoms with Crippen LogP contribution in [0.2, 0.25) is 0 Å². The first kappa shape index (κ1) is 14.5. The highest BCUT2D eigenvalue weighted by molar-refractivity contribution is 9.10. The molecule has 0 aromatic heterocycles. The summed E-state index contributed by atoms with van der Waals surface area (Å²) in [7, 11) is 0. The van der Waals surface area contributed by atoms with Gasteiger partial charge in [-0.3, -0.25) is 4.79 Å². The number of benzene rings is 1. The van der Waals surface area contributed by atoms with Crippen molar-refractivity contribution in [2.24, 2.45) is 0 Å². The quantitative estimate of drug-likeness (QED) is 0.861. The lowest BCUT2D eigenvalue weighted by Gasteiger charge is -2.44. The van der Waals surface area contributed by atoms with Crippen LogP contribution >= 0.6 is 15.9 Å². The van der Waals surface area contributed by atoms with Crippen LogP contribution in [0.3, 0.4) is 0 Å². The molecule has 1 heterocycles. The van der Waals surface area contributed by atoms with Gasteiger partial charge in [-0.15, -0.1) is 0 Å². The summed E-state index contributed by atoms with van der Waals surface area (Å²) in [5.74, 6) is 0.0516. The normalized spacial score (nSPS) is 22.4. The average molecular weight is 326 g/mol. The first-order chi connectivity index (χ1) is 8.81. The maximum Gasteiger partial charge on any atom is 0.254 e. The summed E-state index contributed by atoms with van der Waals surface area (Å²) in [5, 5.41) is 9.77. The number of likely N-dealkylation sites (tertiary alicyclic amines) is 1. The van der Waals surface area contributed by atoms with E-state index < -0.39 is 0 Å². The van der Waals surface area contributed by atoms with Gasteiger partial charge in [-0.1, -0.05) is 22.0 Å². The Hall–Kier alpha value is -0.870. The minimum Gasteiger partial charge on any atom is -0.393 e. The molecule has 0 radical (unpaired) electrons. The second-order valence-electron chi connectivity index (χ2n) is 5.88. The number of halogens is 1. The largest absolute Gasteiger partial charge is 0.393 e. The number of carbonyl (C=O) groups is 1. The van der Waals surface area contributed by atoms with E-state index in [9.17, 15) is 9.90 Å². The second kappa shape index (κ2) is 5.25. The third-order valence-corrected chi connectivity index (χ3v) is 4.32. The zero-order chi connectivity index (χ0) is 14.2. The Morgan fingerprint density at radius 2 is 2.16 bits per heavy atom. The number of hydrogen-bond acceptors (Lipinski definition) is 2. The summed E-state index contributed by atoms with van der Waals surface area (Å²) in [5.41, 5.74) is 1.41. The third-order valence-electron chi connectivity index (χ3n) is 3.83. The fraction of sp³-hybridized carbons (Fsp3) is 0.533. The van der Waals surface area contributed by atoms with Gasteiger partial charge in [-0.05, 0) is 51.3 Å². The number of aliphatic hydroxyl groups excluding tert-OH is 1. The number of amides is 1. The lowest BCUT2D eigenvalue weighted by molar-refractivity contribution is 0.00325. The molecule has 1 fully saturated rings. The van der Waals surface area contributed by atoms with Crippen LogP contribution in [-0.2, 0) is 0 Å². The molecule has 3 nitrogen and oxygen atoms in total. The van der Waals surface area contributed by atoms with Crippen molar-refractivity contribution in [1.29, 1.82) is 0 Å². The van der Waals surface area contributed by atoms with Crippen LogP contribution < -0.4 is 0 Å². The number of hydrogen-bond donors (Lipinski definition) is 1. The van der Waals surface area contributed by atoms with E-state index in [-0.39, 0.29) is 17.6 Å². The fourth-order valence-electron chi connectivity index (χ4n) is 2.72. The molecule has 1 atom stereocenters. The van der Waals surface area contributed by atoms with Crippen molar-refractivity contribution in [1.82, 2.24) is 4.90 Å². The Kier molecular flexibility index (Phi) is 4.02. The number of aryl methyl sites for hydroxylation is 1. The van der Waals surface area contributed by atoms with Crippen LogP contribution in [0.15, 0.2) is 22.7 Å². The first-order valence-electron chi connectivity index (χ1n) is 6.57. The lowest BCUT2D eigenvalue weighted by atomic mass is 9.87. The highest BCUT2D eigenvalue weighted by atomic mass is 79.9. The van der Waals surface area contributed by atoms with Gasteiger partial charge in [-0.2, -0.15) is 0 Å². The van der Waals surface area contributed by atoms with Gasteiger partial charge < -0.3 is 10.0 Å². The van der Waals surface area contributed by atoms with Crippen molar-refractivity contribution in [3.63, 3.8) is 0 Å². The van der Waals surface area contributed by atoms with Crippen LogP contribution in [0.1, 0.15) is 42.6 Å². The van der Waals surface area contributed by atoms with Gasteiger partial charge in [0.05, 0.1) is 6.10 Å². The van der Waals surface area contributed by atoms with Crippen molar-refractivity contribution in [2.45, 2.75) is 45.3 Å². The van der Waals surface area contributed by atoms with E-state index in [4.69, 9.17) is 0 Å². The topological polar surface area (TPSA) is 40.5 Å². The maximum absolute atomic E-state index is 12.7. The highest BCUT2D eigenvalue weighted by Gasteiger charge is 2.37. The third kappa shape index (κ3) is 3.00. The molecule has 1 aliphatic heterocycles. The van der Waals surface area contributed by atoms with Crippen molar-refractivity contribution >= 4 is 21.8 Å². The van der Waals surface area contributed by atoms with Crippen LogP contribution in [-0.4, -0.2) is 34.1 Å². The molecule has 0 aliphatic carbocycles. The molecule has 104 valence electrons. The predicted octanol–water partition coefficient (Wildman–Crippen LogP) is 3.13. The molecule has 1 N–H and O–H groups in total. The molecule has 19 heavy (non-hydrogen) atoms. The minimum absolute atomic E-state index is 0.0516. The standard InChI is InChI=1S/C15H20BrNO2/c1-10-4-5-11(16)8-13(10)14(19)17-7-6-12(18)9-15(17,2)3/h4-5,8,12,18H,6-7,9H2,1-3H3. The van der Waals surface area contributed by atoms with Crippen molar-refractivity contribution in [3.8, 4) is 0 Å². The highest BCUT2D eigenvalue weighted by Crippen LogP contribution is 2.30. The molecule has 0 bridgehead atoms. The van der Waals surface area contributed by atoms with Crippen LogP contribution in [0, 0.1) is 6.92 Å². The van der Waals surface area contributed by atoms with Crippen molar-refractivity contribution < 1.29 is 9.90 Å². The second-order valence-corrected chi connectivity index (χ2v) is 6.79. The summed E-state index contributed by atoms with van der Waals surface area (Å²) in [6.45, 7) is 6.59. The van der Waals surface area contributed by atoms with Crippen LogP contribution in [0.25, 0.3) is 0 Å². The van der Waals surface area contributed by atoms with Crippen molar-refractivity contribution in [2.75, 3.05) is 6.54 Å². The number of piperidine rings is 1. The van der Waals surface area contributed by atoms with Crippen LogP contribution in [0.4, 0.5) is 0 Å².